The van der Waals surface area contributed by atoms with Crippen LogP contribution in [-0.2, 0) is 9.53 Å². The third kappa shape index (κ3) is 6.38. The summed E-state index contributed by atoms with van der Waals surface area (Å²) < 4.78 is 5.03. The Balaban J connectivity index is 3.56. The minimum Gasteiger partial charge on any atom is -0.462 e. The molecule has 0 aliphatic carbocycles. The summed E-state index contributed by atoms with van der Waals surface area (Å²) in [6.07, 6.45) is 2.60. The number of hydrogen-bond acceptors (Lipinski definition) is 2. The van der Waals surface area contributed by atoms with Gasteiger partial charge in [-0.15, -0.1) is 0 Å². The van der Waals surface area contributed by atoms with Gasteiger partial charge in [0.15, 0.2) is 0 Å². The van der Waals surface area contributed by atoms with Gasteiger partial charge in [-0.2, -0.15) is 0 Å². The molecule has 0 amide bonds. The van der Waals surface area contributed by atoms with E-state index in [1.807, 2.05) is 6.92 Å². The molecule has 0 aromatic rings. The van der Waals surface area contributed by atoms with Crippen LogP contribution in [0, 0.1) is 5.92 Å². The standard InChI is InChI=1S/C11H20O2/c1-5-6-10(4)11(12)13-8-7-9(2)3/h9H,4-8H2,1-3H3. The van der Waals surface area contributed by atoms with Gasteiger partial charge in [-0.1, -0.05) is 33.8 Å². The molecule has 0 saturated carbocycles. The lowest BCUT2D eigenvalue weighted by molar-refractivity contribution is -0.139. The Labute approximate surface area is 81.0 Å². The molecular weight excluding hydrogens is 164 g/mol. The maximum absolute atomic E-state index is 11.2. The molecule has 0 aromatic heterocycles. The lowest BCUT2D eigenvalue weighted by atomic mass is 10.1. The van der Waals surface area contributed by atoms with Crippen LogP contribution in [0.2, 0.25) is 0 Å². The number of carbonyl (C=O) groups is 1. The molecule has 0 aliphatic rings. The molecule has 0 unspecified atom stereocenters. The first kappa shape index (κ1) is 12.2. The molecule has 0 spiro atoms. The topological polar surface area (TPSA) is 26.3 Å². The molecule has 0 heterocycles. The van der Waals surface area contributed by atoms with Crippen LogP contribution in [0.4, 0.5) is 0 Å². The van der Waals surface area contributed by atoms with Crippen molar-refractivity contribution >= 4 is 5.97 Å². The van der Waals surface area contributed by atoms with Crippen molar-refractivity contribution < 1.29 is 9.53 Å². The van der Waals surface area contributed by atoms with Crippen LogP contribution in [0.25, 0.3) is 0 Å². The van der Waals surface area contributed by atoms with Crippen molar-refractivity contribution in [3.05, 3.63) is 12.2 Å². The smallest absolute Gasteiger partial charge is 0.333 e. The predicted octanol–water partition coefficient (Wildman–Crippen LogP) is 2.93. The second-order valence-electron chi connectivity index (χ2n) is 3.67. The summed E-state index contributed by atoms with van der Waals surface area (Å²) in [6, 6.07) is 0. The van der Waals surface area contributed by atoms with E-state index in [9.17, 15) is 4.79 Å². The lowest BCUT2D eigenvalue weighted by Gasteiger charge is -2.07. The van der Waals surface area contributed by atoms with Crippen LogP contribution in [0.5, 0.6) is 0 Å². The Kier molecular flexibility index (Phi) is 6.29. The zero-order valence-corrected chi connectivity index (χ0v) is 8.93. The predicted molar refractivity (Wildman–Crippen MR) is 54.5 cm³/mol. The van der Waals surface area contributed by atoms with Crippen LogP contribution in [-0.4, -0.2) is 12.6 Å². The summed E-state index contributed by atoms with van der Waals surface area (Å²) in [5.74, 6) is 0.342. The molecule has 0 bridgehead atoms. The SMILES string of the molecule is C=C(CCC)C(=O)OCCC(C)C. The van der Waals surface area contributed by atoms with E-state index in [0.29, 0.717) is 18.1 Å². The van der Waals surface area contributed by atoms with Gasteiger partial charge in [0.25, 0.3) is 0 Å². The fourth-order valence-electron chi connectivity index (χ4n) is 0.893. The molecule has 0 saturated heterocycles. The van der Waals surface area contributed by atoms with Gasteiger partial charge in [-0.05, 0) is 18.8 Å². The van der Waals surface area contributed by atoms with Gasteiger partial charge in [0.2, 0.25) is 0 Å². The van der Waals surface area contributed by atoms with Crippen LogP contribution < -0.4 is 0 Å². The molecule has 0 radical (unpaired) electrons. The largest absolute Gasteiger partial charge is 0.462 e. The maximum atomic E-state index is 11.2. The molecule has 0 atom stereocenters. The Bertz CT molecular complexity index is 171. The number of esters is 1. The fraction of sp³-hybridized carbons (Fsp3) is 0.727. The average molecular weight is 184 g/mol. The van der Waals surface area contributed by atoms with E-state index >= 15 is 0 Å². The van der Waals surface area contributed by atoms with Gasteiger partial charge in [0, 0.05) is 5.57 Å². The third-order valence-corrected chi connectivity index (χ3v) is 1.77. The summed E-state index contributed by atoms with van der Waals surface area (Å²) in [5.41, 5.74) is 0.589. The quantitative estimate of drug-likeness (QED) is 0.468. The normalized spacial score (nSPS) is 10.2. The van der Waals surface area contributed by atoms with Gasteiger partial charge < -0.3 is 4.74 Å². The van der Waals surface area contributed by atoms with E-state index in [1.165, 1.54) is 0 Å². The second-order valence-corrected chi connectivity index (χ2v) is 3.67. The fourth-order valence-corrected chi connectivity index (χ4v) is 0.893. The number of carbonyl (C=O) groups excluding carboxylic acids is 1. The summed E-state index contributed by atoms with van der Waals surface area (Å²) in [7, 11) is 0. The van der Waals surface area contributed by atoms with Gasteiger partial charge in [0.05, 0.1) is 6.61 Å². The first-order chi connectivity index (χ1) is 6.07. The van der Waals surface area contributed by atoms with Crippen LogP contribution >= 0.6 is 0 Å². The molecule has 0 N–H and O–H groups in total. The first-order valence-electron chi connectivity index (χ1n) is 4.92. The third-order valence-electron chi connectivity index (χ3n) is 1.77. The van der Waals surface area contributed by atoms with Gasteiger partial charge in [-0.3, -0.25) is 0 Å². The van der Waals surface area contributed by atoms with Gasteiger partial charge >= 0.3 is 5.97 Å². The second kappa shape index (κ2) is 6.70. The maximum Gasteiger partial charge on any atom is 0.333 e. The Morgan fingerprint density at radius 2 is 2.08 bits per heavy atom. The van der Waals surface area contributed by atoms with E-state index in [2.05, 4.69) is 20.4 Å². The van der Waals surface area contributed by atoms with Crippen molar-refractivity contribution in [1.82, 2.24) is 0 Å². The van der Waals surface area contributed by atoms with Crippen molar-refractivity contribution in [2.45, 2.75) is 40.0 Å². The summed E-state index contributed by atoms with van der Waals surface area (Å²) in [5, 5.41) is 0. The molecular formula is C11H20O2. The first-order valence-corrected chi connectivity index (χ1v) is 4.92. The van der Waals surface area contributed by atoms with E-state index < -0.39 is 0 Å². The van der Waals surface area contributed by atoms with E-state index in [-0.39, 0.29) is 5.97 Å². The monoisotopic (exact) mass is 184 g/mol. The highest BCUT2D eigenvalue weighted by molar-refractivity contribution is 5.87. The molecule has 2 nitrogen and oxygen atoms in total. The van der Waals surface area contributed by atoms with Crippen molar-refractivity contribution in [3.8, 4) is 0 Å². The lowest BCUT2D eigenvalue weighted by Crippen LogP contribution is -2.09. The van der Waals surface area contributed by atoms with E-state index in [1.54, 1.807) is 0 Å². The van der Waals surface area contributed by atoms with E-state index in [0.717, 1.165) is 19.3 Å². The van der Waals surface area contributed by atoms with E-state index in [4.69, 9.17) is 4.74 Å². The van der Waals surface area contributed by atoms with Crippen molar-refractivity contribution in [3.63, 3.8) is 0 Å². The molecule has 0 fully saturated rings. The van der Waals surface area contributed by atoms with Crippen LogP contribution in [0.15, 0.2) is 12.2 Å². The zero-order chi connectivity index (χ0) is 10.3. The highest BCUT2D eigenvalue weighted by Gasteiger charge is 2.06. The minimum absolute atomic E-state index is 0.234. The molecule has 0 aliphatic heterocycles. The summed E-state index contributed by atoms with van der Waals surface area (Å²) in [6.45, 7) is 10.4. The zero-order valence-electron chi connectivity index (χ0n) is 8.93. The molecule has 0 rings (SSSR count). The van der Waals surface area contributed by atoms with Crippen LogP contribution in [0.1, 0.15) is 40.0 Å². The molecule has 2 heteroatoms. The molecule has 0 aromatic carbocycles. The highest BCUT2D eigenvalue weighted by Crippen LogP contribution is 2.05. The number of rotatable bonds is 6. The Hall–Kier alpha value is -0.790. The number of ether oxygens (including phenoxy) is 1. The number of hydrogen-bond donors (Lipinski definition) is 0. The summed E-state index contributed by atoms with van der Waals surface area (Å²) in [4.78, 5) is 11.2. The Morgan fingerprint density at radius 1 is 1.46 bits per heavy atom. The highest BCUT2D eigenvalue weighted by atomic mass is 16.5. The van der Waals surface area contributed by atoms with Crippen molar-refractivity contribution in [2.24, 2.45) is 5.92 Å². The average Bonchev–Trinajstić information content (AvgIpc) is 2.04. The van der Waals surface area contributed by atoms with Crippen molar-refractivity contribution in [2.75, 3.05) is 6.61 Å². The van der Waals surface area contributed by atoms with Crippen molar-refractivity contribution in [1.29, 1.82) is 0 Å². The van der Waals surface area contributed by atoms with Gasteiger partial charge in [-0.25, -0.2) is 4.79 Å². The molecule has 13 heavy (non-hydrogen) atoms. The van der Waals surface area contributed by atoms with Crippen LogP contribution in [0.3, 0.4) is 0 Å². The summed E-state index contributed by atoms with van der Waals surface area (Å²) >= 11 is 0. The Morgan fingerprint density at radius 3 is 2.54 bits per heavy atom. The minimum atomic E-state index is -0.234. The molecule has 76 valence electrons. The van der Waals surface area contributed by atoms with Gasteiger partial charge in [0.1, 0.15) is 0 Å².